The van der Waals surface area contributed by atoms with Gasteiger partial charge < -0.3 is 19.3 Å². The molecule has 0 bridgehead atoms. The molecular formula is C21H28O4Si. The third kappa shape index (κ3) is 5.73. The van der Waals surface area contributed by atoms with E-state index in [-0.39, 0.29) is 6.61 Å². The highest BCUT2D eigenvalue weighted by atomic mass is 28.3. The fourth-order valence-electron chi connectivity index (χ4n) is 2.64. The molecule has 4 nitrogen and oxygen atoms in total. The van der Waals surface area contributed by atoms with Gasteiger partial charge in [0, 0.05) is 0 Å². The maximum Gasteiger partial charge on any atom is 0.161 e. The Bertz CT molecular complexity index is 713. The minimum atomic E-state index is -1.69. The van der Waals surface area contributed by atoms with E-state index in [1.165, 1.54) is 5.19 Å². The van der Waals surface area contributed by atoms with Crippen molar-refractivity contribution in [1.82, 2.24) is 0 Å². The highest BCUT2D eigenvalue weighted by molar-refractivity contribution is 6.93. The van der Waals surface area contributed by atoms with E-state index in [0.717, 1.165) is 5.56 Å². The number of aliphatic hydroxyl groups excluding tert-OH is 1. The van der Waals surface area contributed by atoms with Crippen LogP contribution in [0.4, 0.5) is 0 Å². The van der Waals surface area contributed by atoms with Gasteiger partial charge in [-0.3, -0.25) is 0 Å². The summed E-state index contributed by atoms with van der Waals surface area (Å²) in [7, 11) is 1.52. The lowest BCUT2D eigenvalue weighted by Gasteiger charge is -2.19. The molecule has 0 heterocycles. The van der Waals surface area contributed by atoms with Crippen molar-refractivity contribution in [3.63, 3.8) is 0 Å². The second kappa shape index (κ2) is 9.57. The van der Waals surface area contributed by atoms with E-state index in [1.54, 1.807) is 14.2 Å². The molecule has 5 heteroatoms. The van der Waals surface area contributed by atoms with Gasteiger partial charge in [0.2, 0.25) is 0 Å². The van der Waals surface area contributed by atoms with Crippen LogP contribution in [0.1, 0.15) is 5.56 Å². The molecule has 0 fully saturated rings. The Labute approximate surface area is 157 Å². The molecule has 0 aliphatic carbocycles. The Morgan fingerprint density at radius 3 is 2.35 bits per heavy atom. The average Bonchev–Trinajstić information content (AvgIpc) is 2.67. The molecule has 2 rings (SSSR count). The number of rotatable bonds is 9. The topological polar surface area (TPSA) is 47.9 Å². The normalized spacial score (nSPS) is 13.0. The van der Waals surface area contributed by atoms with Gasteiger partial charge in [-0.05, 0) is 17.7 Å². The van der Waals surface area contributed by atoms with Crippen molar-refractivity contribution in [3.8, 4) is 11.5 Å². The first-order chi connectivity index (χ1) is 12.5. The van der Waals surface area contributed by atoms with Crippen molar-refractivity contribution in [2.24, 2.45) is 0 Å². The molecule has 0 spiro atoms. The zero-order chi connectivity index (χ0) is 19.0. The van der Waals surface area contributed by atoms with Gasteiger partial charge in [-0.15, -0.1) is 0 Å². The van der Waals surface area contributed by atoms with E-state index in [0.29, 0.717) is 18.1 Å². The number of hydrogen-bond donors (Lipinski definition) is 1. The van der Waals surface area contributed by atoms with Crippen LogP contribution in [0, 0.1) is 0 Å². The van der Waals surface area contributed by atoms with Crippen molar-refractivity contribution in [1.29, 1.82) is 0 Å². The highest BCUT2D eigenvalue weighted by Gasteiger charge is 2.19. The number of hydrogen-bond acceptors (Lipinski definition) is 4. The molecular weight excluding hydrogens is 344 g/mol. The van der Waals surface area contributed by atoms with E-state index < -0.39 is 14.2 Å². The fourth-order valence-corrected chi connectivity index (χ4v) is 4.59. The molecule has 1 unspecified atom stereocenters. The van der Waals surface area contributed by atoms with Gasteiger partial charge in [0.05, 0.1) is 33.5 Å². The van der Waals surface area contributed by atoms with Crippen LogP contribution >= 0.6 is 0 Å². The van der Waals surface area contributed by atoms with Crippen LogP contribution in [-0.2, 0) is 11.3 Å². The van der Waals surface area contributed by atoms with Crippen LogP contribution in [0.25, 0.3) is 0 Å². The van der Waals surface area contributed by atoms with Gasteiger partial charge in [0.25, 0.3) is 0 Å². The minimum Gasteiger partial charge on any atom is -0.493 e. The summed E-state index contributed by atoms with van der Waals surface area (Å²) >= 11 is 0. The lowest BCUT2D eigenvalue weighted by molar-refractivity contribution is 0.0503. The molecule has 1 atom stereocenters. The van der Waals surface area contributed by atoms with Crippen LogP contribution < -0.4 is 14.7 Å². The molecule has 26 heavy (non-hydrogen) atoms. The van der Waals surface area contributed by atoms with E-state index in [2.05, 4.69) is 43.1 Å². The number of ether oxygens (including phenoxy) is 3. The first-order valence-corrected chi connectivity index (χ1v) is 11.8. The van der Waals surface area contributed by atoms with E-state index in [4.69, 9.17) is 14.2 Å². The Hall–Kier alpha value is -2.08. The maximum atomic E-state index is 10.2. The number of aliphatic hydroxyl groups is 1. The smallest absolute Gasteiger partial charge is 0.161 e. The molecule has 140 valence electrons. The summed E-state index contributed by atoms with van der Waals surface area (Å²) in [5, 5.41) is 11.5. The predicted molar refractivity (Wildman–Crippen MR) is 108 cm³/mol. The third-order valence-corrected chi connectivity index (χ3v) is 7.11. The Kier molecular flexibility index (Phi) is 7.45. The van der Waals surface area contributed by atoms with Gasteiger partial charge >= 0.3 is 0 Å². The van der Waals surface area contributed by atoms with Crippen molar-refractivity contribution in [2.75, 3.05) is 20.8 Å². The first kappa shape index (κ1) is 20.2. The quantitative estimate of drug-likeness (QED) is 0.686. The lowest BCUT2D eigenvalue weighted by atomic mass is 10.2. The molecule has 0 saturated carbocycles. The zero-order valence-electron chi connectivity index (χ0n) is 15.9. The number of methoxy groups -OCH3 is 2. The molecule has 0 radical (unpaired) electrons. The predicted octanol–water partition coefficient (Wildman–Crippen LogP) is 3.29. The number of benzene rings is 2. The molecule has 1 N–H and O–H groups in total. The molecule has 0 aliphatic heterocycles. The monoisotopic (exact) mass is 372 g/mol. The Balaban J connectivity index is 1.86. The molecule has 2 aromatic rings. The van der Waals surface area contributed by atoms with Crippen molar-refractivity contribution in [2.45, 2.75) is 25.8 Å². The summed E-state index contributed by atoms with van der Waals surface area (Å²) in [6, 6.07) is 16.1. The van der Waals surface area contributed by atoms with Crippen LogP contribution in [0.15, 0.2) is 60.3 Å². The summed E-state index contributed by atoms with van der Waals surface area (Å²) in [5.74, 6) is 1.36. The maximum absolute atomic E-state index is 10.2. The van der Waals surface area contributed by atoms with E-state index in [1.807, 2.05) is 30.3 Å². The Morgan fingerprint density at radius 1 is 1.00 bits per heavy atom. The first-order valence-electron chi connectivity index (χ1n) is 8.68. The standard InChI is InChI=1S/C21H28O4Si/c1-23-20-11-10-17(14-21(20)24-2)15-25-16-18(22)12-13-26(3,4)19-8-6-5-7-9-19/h5-14,18,22H,15-16H2,1-4H3/b13-12-. The van der Waals surface area contributed by atoms with Gasteiger partial charge in [0.15, 0.2) is 11.5 Å². The molecule has 2 aromatic carbocycles. The summed E-state index contributed by atoms with van der Waals surface area (Å²) < 4.78 is 16.2. The molecule has 0 aromatic heterocycles. The van der Waals surface area contributed by atoms with Crippen LogP contribution in [0.2, 0.25) is 13.1 Å². The summed E-state index contributed by atoms with van der Waals surface area (Å²) in [6.45, 7) is 5.18. The van der Waals surface area contributed by atoms with Crippen molar-refractivity contribution < 1.29 is 19.3 Å². The SMILES string of the molecule is COc1ccc(COCC(O)/C=C\[Si](C)(C)c2ccccc2)cc1OC. The fraction of sp³-hybridized carbons (Fsp3) is 0.333. The average molecular weight is 373 g/mol. The highest BCUT2D eigenvalue weighted by Crippen LogP contribution is 2.27. The van der Waals surface area contributed by atoms with Crippen molar-refractivity contribution in [3.05, 3.63) is 65.9 Å². The van der Waals surface area contributed by atoms with Gasteiger partial charge in [-0.2, -0.15) is 0 Å². The summed E-state index contributed by atoms with van der Waals surface area (Å²) in [4.78, 5) is 0. The zero-order valence-corrected chi connectivity index (χ0v) is 16.9. The van der Waals surface area contributed by atoms with Crippen LogP contribution in [-0.4, -0.2) is 40.1 Å². The van der Waals surface area contributed by atoms with Gasteiger partial charge in [-0.25, -0.2) is 0 Å². The summed E-state index contributed by atoms with van der Waals surface area (Å²) in [6.07, 6.45) is 1.24. The van der Waals surface area contributed by atoms with Crippen LogP contribution in [0.5, 0.6) is 11.5 Å². The lowest BCUT2D eigenvalue weighted by Crippen LogP contribution is -2.39. The van der Waals surface area contributed by atoms with E-state index in [9.17, 15) is 5.11 Å². The molecule has 0 aliphatic rings. The molecule has 0 amide bonds. The van der Waals surface area contributed by atoms with Gasteiger partial charge in [0.1, 0.15) is 8.07 Å². The Morgan fingerprint density at radius 2 is 1.69 bits per heavy atom. The minimum absolute atomic E-state index is 0.254. The third-order valence-electron chi connectivity index (χ3n) is 4.26. The van der Waals surface area contributed by atoms with E-state index >= 15 is 0 Å². The van der Waals surface area contributed by atoms with Crippen LogP contribution in [0.3, 0.4) is 0 Å². The second-order valence-corrected chi connectivity index (χ2v) is 11.1. The van der Waals surface area contributed by atoms with Crippen molar-refractivity contribution >= 4 is 13.3 Å². The van der Waals surface area contributed by atoms with Gasteiger partial charge in [-0.1, -0.05) is 66.5 Å². The largest absolute Gasteiger partial charge is 0.493 e. The molecule has 0 saturated heterocycles. The second-order valence-electron chi connectivity index (χ2n) is 6.72. The summed E-state index contributed by atoms with van der Waals surface area (Å²) in [5.41, 5.74) is 3.13.